The molecule has 15 heavy (non-hydrogen) atoms. The number of nitrogens with zero attached hydrogens (tertiary/aromatic N) is 1. The molecule has 0 saturated carbocycles. The van der Waals surface area contributed by atoms with Crippen molar-refractivity contribution >= 4 is 6.48 Å². The monoisotopic (exact) mass is 197 g/mol. The summed E-state index contributed by atoms with van der Waals surface area (Å²) < 4.78 is 2.20. The maximum Gasteiger partial charge on any atom is 0.221 e. The number of rotatable bonds is 2. The first-order chi connectivity index (χ1) is 7.27. The zero-order chi connectivity index (χ0) is 10.7. The summed E-state index contributed by atoms with van der Waals surface area (Å²) >= 11 is 0. The smallest absolute Gasteiger partial charge is 0.221 e. The lowest BCUT2D eigenvalue weighted by Crippen LogP contribution is -2.41. The summed E-state index contributed by atoms with van der Waals surface area (Å²) in [5.74, 6) is 5.10. The molecule has 0 amide bonds. The van der Waals surface area contributed by atoms with E-state index >= 15 is 0 Å². The van der Waals surface area contributed by atoms with Gasteiger partial charge in [0.25, 0.3) is 0 Å². The third-order valence-corrected chi connectivity index (χ3v) is 2.72. The van der Waals surface area contributed by atoms with Crippen LogP contribution in [0.2, 0.25) is 0 Å². The van der Waals surface area contributed by atoms with Gasteiger partial charge in [-0.3, -0.25) is 0 Å². The third-order valence-electron chi connectivity index (χ3n) is 2.72. The highest BCUT2D eigenvalue weighted by atomic mass is 14.8. The summed E-state index contributed by atoms with van der Waals surface area (Å²) in [4.78, 5) is 0. The van der Waals surface area contributed by atoms with Crippen LogP contribution in [0.25, 0.3) is 0 Å². The van der Waals surface area contributed by atoms with Crippen molar-refractivity contribution in [3.63, 3.8) is 0 Å². The lowest BCUT2D eigenvalue weighted by molar-refractivity contribution is -0.530. The molecule has 2 rings (SSSR count). The summed E-state index contributed by atoms with van der Waals surface area (Å²) in [6.07, 6.45) is 4.19. The van der Waals surface area contributed by atoms with Gasteiger partial charge < -0.3 is 4.48 Å². The van der Waals surface area contributed by atoms with E-state index in [1.165, 1.54) is 5.56 Å². The Labute approximate surface area is 91.5 Å². The SMILES string of the molecule is CC(C)c1cc[b-](-[n+]2ccccc2)cc1. The minimum atomic E-state index is 0.369. The molecule has 0 fully saturated rings. The molecule has 0 spiro atoms. The van der Waals surface area contributed by atoms with Crippen LogP contribution in [0.1, 0.15) is 25.3 Å². The largest absolute Gasteiger partial charge is 0.432 e. The Morgan fingerprint density at radius 1 is 1.00 bits per heavy atom. The first-order valence-electron chi connectivity index (χ1n) is 5.46. The highest BCUT2D eigenvalue weighted by Crippen LogP contribution is 2.11. The predicted octanol–water partition coefficient (Wildman–Crippen LogP) is 2.43. The zero-order valence-corrected chi connectivity index (χ0v) is 9.30. The quantitative estimate of drug-likeness (QED) is 0.696. The summed E-state index contributed by atoms with van der Waals surface area (Å²) in [6, 6.07) is 10.6. The van der Waals surface area contributed by atoms with E-state index in [2.05, 4.69) is 66.9 Å². The molecule has 0 radical (unpaired) electrons. The van der Waals surface area contributed by atoms with Crippen LogP contribution in [0, 0.1) is 0 Å². The van der Waals surface area contributed by atoms with Crippen molar-refractivity contribution < 1.29 is 4.48 Å². The zero-order valence-electron chi connectivity index (χ0n) is 9.30. The van der Waals surface area contributed by atoms with E-state index in [4.69, 9.17) is 0 Å². The van der Waals surface area contributed by atoms with Gasteiger partial charge in [0.15, 0.2) is 0 Å². The molecule has 0 aliphatic heterocycles. The third kappa shape index (κ3) is 2.32. The fourth-order valence-corrected chi connectivity index (χ4v) is 1.73. The minimum absolute atomic E-state index is 0.369. The summed E-state index contributed by atoms with van der Waals surface area (Å²) in [7, 11) is 0. The van der Waals surface area contributed by atoms with E-state index in [0.29, 0.717) is 12.4 Å². The molecule has 0 saturated heterocycles. The Kier molecular flexibility index (Phi) is 2.95. The molecule has 0 aromatic carbocycles. The highest BCUT2D eigenvalue weighted by molar-refractivity contribution is 6.40. The second-order valence-electron chi connectivity index (χ2n) is 4.19. The highest BCUT2D eigenvalue weighted by Gasteiger charge is 1.98. The number of pyridine rings is 1. The lowest BCUT2D eigenvalue weighted by Gasteiger charge is -2.10. The fraction of sp³-hybridized carbons (Fsp3) is 0.231. The summed E-state index contributed by atoms with van der Waals surface area (Å²) in [6.45, 7) is 4.81. The van der Waals surface area contributed by atoms with Crippen LogP contribution in [0.15, 0.2) is 54.6 Å². The van der Waals surface area contributed by atoms with Crippen LogP contribution >= 0.6 is 0 Å². The lowest BCUT2D eigenvalue weighted by atomic mass is 9.77. The summed E-state index contributed by atoms with van der Waals surface area (Å²) in [5.41, 5.74) is 1.41. The molecule has 0 bridgehead atoms. The molecule has 76 valence electrons. The molecule has 0 unspecified atom stereocenters. The Bertz CT molecular complexity index is 420. The molecular weight excluding hydrogens is 181 g/mol. The number of hydrogen-bond donors (Lipinski definition) is 0. The molecule has 2 heteroatoms. The molecule has 0 aliphatic carbocycles. The van der Waals surface area contributed by atoms with Crippen LogP contribution in [0.5, 0.6) is 0 Å². The number of hydrogen-bond acceptors (Lipinski definition) is 0. The maximum absolute atomic E-state index is 2.25. The van der Waals surface area contributed by atoms with Crippen molar-refractivity contribution in [2.45, 2.75) is 19.8 Å². The molecular formula is C13H16BN. The van der Waals surface area contributed by atoms with Gasteiger partial charge in [0.1, 0.15) is 12.4 Å². The molecule has 0 aliphatic rings. The van der Waals surface area contributed by atoms with E-state index in [-0.39, 0.29) is 0 Å². The van der Waals surface area contributed by atoms with Gasteiger partial charge in [0, 0.05) is 0 Å². The first kappa shape index (κ1) is 10.1. The van der Waals surface area contributed by atoms with Crippen molar-refractivity contribution in [2.75, 3.05) is 0 Å². The van der Waals surface area contributed by atoms with Crippen molar-refractivity contribution in [3.05, 3.63) is 60.2 Å². The molecule has 2 heterocycles. The van der Waals surface area contributed by atoms with Crippen LogP contribution < -0.4 is 4.48 Å². The standard InChI is InChI=1S/C13H16BN/c1-12(2)13-6-8-14(9-7-13)15-10-4-3-5-11-15/h3-12H,1-2H3. The molecule has 0 N–H and O–H groups in total. The number of aromatic nitrogens is 1. The van der Waals surface area contributed by atoms with Gasteiger partial charge in [-0.25, -0.2) is 0 Å². The molecule has 0 atom stereocenters. The Balaban J connectivity index is 2.32. The van der Waals surface area contributed by atoms with E-state index in [9.17, 15) is 0 Å². The van der Waals surface area contributed by atoms with Crippen molar-refractivity contribution in [1.29, 1.82) is 0 Å². The maximum atomic E-state index is 2.25. The summed E-state index contributed by atoms with van der Waals surface area (Å²) in [5, 5.41) is 0. The second-order valence-corrected chi connectivity index (χ2v) is 4.19. The van der Waals surface area contributed by atoms with Gasteiger partial charge in [0.2, 0.25) is 6.48 Å². The van der Waals surface area contributed by atoms with E-state index in [1.807, 2.05) is 6.07 Å². The average Bonchev–Trinajstić information content (AvgIpc) is 2.30. The molecule has 2 aromatic rings. The first-order valence-corrected chi connectivity index (χ1v) is 5.46. The van der Waals surface area contributed by atoms with Gasteiger partial charge in [-0.1, -0.05) is 37.6 Å². The predicted molar refractivity (Wildman–Crippen MR) is 63.9 cm³/mol. The van der Waals surface area contributed by atoms with Gasteiger partial charge >= 0.3 is 0 Å². The fourth-order valence-electron chi connectivity index (χ4n) is 1.73. The van der Waals surface area contributed by atoms with Crippen LogP contribution in [-0.2, 0) is 0 Å². The average molecular weight is 197 g/mol. The van der Waals surface area contributed by atoms with Crippen molar-refractivity contribution in [1.82, 2.24) is 0 Å². The van der Waals surface area contributed by atoms with E-state index in [0.717, 1.165) is 0 Å². The Morgan fingerprint density at radius 3 is 2.13 bits per heavy atom. The van der Waals surface area contributed by atoms with E-state index < -0.39 is 0 Å². The van der Waals surface area contributed by atoms with E-state index in [1.54, 1.807) is 0 Å². The van der Waals surface area contributed by atoms with Crippen molar-refractivity contribution in [3.8, 4) is 0 Å². The minimum Gasteiger partial charge on any atom is -0.432 e. The molecule has 2 aromatic heterocycles. The van der Waals surface area contributed by atoms with Gasteiger partial charge in [-0.2, -0.15) is 11.9 Å². The Hall–Kier alpha value is -1.44. The Morgan fingerprint density at radius 2 is 1.60 bits per heavy atom. The normalized spacial score (nSPS) is 10.6. The van der Waals surface area contributed by atoms with Gasteiger partial charge in [-0.05, 0) is 18.1 Å². The van der Waals surface area contributed by atoms with Crippen LogP contribution in [0.3, 0.4) is 0 Å². The van der Waals surface area contributed by atoms with Crippen LogP contribution in [0.4, 0.5) is 0 Å². The second kappa shape index (κ2) is 4.39. The molecule has 1 nitrogen and oxygen atoms in total. The van der Waals surface area contributed by atoms with Crippen molar-refractivity contribution in [2.24, 2.45) is 0 Å². The van der Waals surface area contributed by atoms with Gasteiger partial charge in [0.05, 0.1) is 0 Å². The van der Waals surface area contributed by atoms with Gasteiger partial charge in [-0.15, -0.1) is 0 Å². The van der Waals surface area contributed by atoms with Crippen LogP contribution in [-0.4, -0.2) is 6.48 Å². The topological polar surface area (TPSA) is 3.88 Å².